The first-order valence-corrected chi connectivity index (χ1v) is 15.1. The number of rotatable bonds is 2. The third-order valence-corrected chi connectivity index (χ3v) is 13.9. The number of hydrogen-bond donors (Lipinski definition) is 0. The summed E-state index contributed by atoms with van der Waals surface area (Å²) in [7, 11) is 1.60. The number of methoxy groups -OCH3 is 1. The molecule has 0 radical (unpaired) electrons. The highest BCUT2D eigenvalue weighted by Gasteiger charge is 2.72. The van der Waals surface area contributed by atoms with Gasteiger partial charge in [-0.3, -0.25) is 4.79 Å². The van der Waals surface area contributed by atoms with Crippen molar-refractivity contribution in [1.29, 1.82) is 0 Å². The number of esters is 1. The zero-order valence-corrected chi connectivity index (χ0v) is 24.8. The summed E-state index contributed by atoms with van der Waals surface area (Å²) in [5.41, 5.74) is 3.29. The number of hydrogen-bond acceptors (Lipinski definition) is 3. The third kappa shape index (κ3) is 2.98. The van der Waals surface area contributed by atoms with Gasteiger partial charge in [0.25, 0.3) is 0 Å². The monoisotopic (exact) mass is 506 g/mol. The standard InChI is InChI=1S/C34H50O3/c1-20(2)23-12-15-34(29(35)36-9)17-16-32(7)24(27(23)34)10-11-26-31(6)19-22-18-21(3)37-28(22)30(4,5)25(31)13-14-33(26,32)8/h18,23-27H,1,10-17,19H2,2-9H3/t23-,24+,25-,26+,27+,31-,32+,33+,34-/m0/s1. The van der Waals surface area contributed by atoms with Gasteiger partial charge in [-0.25, -0.2) is 0 Å². The molecule has 4 saturated carbocycles. The number of carbonyl (C=O) groups excluding carboxylic acids is 1. The van der Waals surface area contributed by atoms with E-state index in [1.54, 1.807) is 7.11 Å². The van der Waals surface area contributed by atoms with E-state index in [9.17, 15) is 4.79 Å². The number of allylic oxidation sites excluding steroid dienone is 1. The van der Waals surface area contributed by atoms with Crippen LogP contribution in [0.5, 0.6) is 0 Å². The zero-order valence-electron chi connectivity index (χ0n) is 24.8. The van der Waals surface area contributed by atoms with Crippen molar-refractivity contribution in [1.82, 2.24) is 0 Å². The highest BCUT2D eigenvalue weighted by Crippen LogP contribution is 2.77. The summed E-state index contributed by atoms with van der Waals surface area (Å²) in [6.07, 6.45) is 10.4. The minimum Gasteiger partial charge on any atom is -0.469 e. The van der Waals surface area contributed by atoms with Gasteiger partial charge in [-0.1, -0.05) is 46.8 Å². The van der Waals surface area contributed by atoms with Crippen molar-refractivity contribution in [2.24, 2.45) is 51.2 Å². The Hall–Kier alpha value is -1.51. The van der Waals surface area contributed by atoms with E-state index in [4.69, 9.17) is 9.15 Å². The predicted octanol–water partition coefficient (Wildman–Crippen LogP) is 8.43. The SMILES string of the molecule is C=C(C)[C@@H]1CC[C@]2(C(=O)OC)CC[C@]3(C)[C@H](CC[C@@H]4[C@@]5(C)Cc6cc(C)oc6C(C)(C)[C@@H]5CC[C@]43C)[C@@H]12. The molecule has 0 N–H and O–H groups in total. The van der Waals surface area contributed by atoms with Gasteiger partial charge >= 0.3 is 5.97 Å². The highest BCUT2D eigenvalue weighted by atomic mass is 16.5. The lowest BCUT2D eigenvalue weighted by atomic mass is 9.32. The Balaban J connectivity index is 1.43. The van der Waals surface area contributed by atoms with Crippen LogP contribution in [0, 0.1) is 58.2 Å². The first-order chi connectivity index (χ1) is 17.3. The summed E-state index contributed by atoms with van der Waals surface area (Å²) in [5.74, 6) is 5.11. The molecule has 1 aromatic rings. The molecule has 4 fully saturated rings. The molecule has 1 aromatic heterocycles. The molecule has 6 rings (SSSR count). The van der Waals surface area contributed by atoms with Crippen LogP contribution >= 0.6 is 0 Å². The van der Waals surface area contributed by atoms with E-state index in [0.29, 0.717) is 29.6 Å². The van der Waals surface area contributed by atoms with E-state index in [0.717, 1.165) is 37.9 Å². The minimum atomic E-state index is -0.303. The second-order valence-electron chi connectivity index (χ2n) is 15.4. The van der Waals surface area contributed by atoms with Gasteiger partial charge in [-0.05, 0) is 129 Å². The van der Waals surface area contributed by atoms with Crippen LogP contribution in [-0.4, -0.2) is 13.1 Å². The van der Waals surface area contributed by atoms with E-state index < -0.39 is 0 Å². The van der Waals surface area contributed by atoms with Crippen molar-refractivity contribution < 1.29 is 13.9 Å². The fourth-order valence-electron chi connectivity index (χ4n) is 12.3. The van der Waals surface area contributed by atoms with E-state index in [2.05, 4.69) is 61.1 Å². The normalized spacial score (nSPS) is 47.6. The number of carbonyl (C=O) groups is 1. The molecular weight excluding hydrogens is 456 g/mol. The summed E-state index contributed by atoms with van der Waals surface area (Å²) >= 11 is 0. The average Bonchev–Trinajstić information content (AvgIpc) is 3.40. The molecule has 9 atom stereocenters. The quantitative estimate of drug-likeness (QED) is 0.298. The first-order valence-electron chi connectivity index (χ1n) is 15.1. The molecule has 0 aliphatic heterocycles. The lowest BCUT2D eigenvalue weighted by Crippen LogP contribution is -2.66. The number of aryl methyl sites for hydroxylation is 1. The summed E-state index contributed by atoms with van der Waals surface area (Å²) in [6.45, 7) is 21.6. The topological polar surface area (TPSA) is 39.4 Å². The Morgan fingerprint density at radius 3 is 2.38 bits per heavy atom. The summed E-state index contributed by atoms with van der Waals surface area (Å²) in [6, 6.07) is 2.33. The van der Waals surface area contributed by atoms with E-state index in [-0.39, 0.29) is 33.0 Å². The molecule has 0 unspecified atom stereocenters. The van der Waals surface area contributed by atoms with E-state index >= 15 is 0 Å². The van der Waals surface area contributed by atoms with Gasteiger partial charge in [-0.15, -0.1) is 0 Å². The smallest absolute Gasteiger partial charge is 0.312 e. The van der Waals surface area contributed by atoms with Gasteiger partial charge in [0.15, 0.2) is 0 Å². The number of furan rings is 1. The van der Waals surface area contributed by atoms with Gasteiger partial charge in [0.2, 0.25) is 0 Å². The van der Waals surface area contributed by atoms with Gasteiger partial charge in [0.1, 0.15) is 11.5 Å². The molecule has 0 aromatic carbocycles. The van der Waals surface area contributed by atoms with Crippen molar-refractivity contribution in [3.8, 4) is 0 Å². The Morgan fingerprint density at radius 1 is 0.973 bits per heavy atom. The van der Waals surface area contributed by atoms with Crippen LogP contribution in [0.3, 0.4) is 0 Å². The fraction of sp³-hybridized carbons (Fsp3) is 0.794. The molecule has 3 nitrogen and oxygen atoms in total. The van der Waals surface area contributed by atoms with Crippen LogP contribution in [0.15, 0.2) is 22.6 Å². The largest absolute Gasteiger partial charge is 0.469 e. The molecule has 0 amide bonds. The van der Waals surface area contributed by atoms with Crippen molar-refractivity contribution in [2.45, 2.75) is 112 Å². The van der Waals surface area contributed by atoms with Crippen LogP contribution in [0.25, 0.3) is 0 Å². The van der Waals surface area contributed by atoms with Gasteiger partial charge in [-0.2, -0.15) is 0 Å². The van der Waals surface area contributed by atoms with Gasteiger partial charge in [0.05, 0.1) is 12.5 Å². The summed E-state index contributed by atoms with van der Waals surface area (Å²) in [4.78, 5) is 13.4. The number of fused-ring (bicyclic) bond motifs is 8. The van der Waals surface area contributed by atoms with Crippen LogP contribution in [0.2, 0.25) is 0 Å². The van der Waals surface area contributed by atoms with Crippen LogP contribution < -0.4 is 0 Å². The Kier molecular flexibility index (Phi) is 5.42. The van der Waals surface area contributed by atoms with Gasteiger partial charge in [0, 0.05) is 5.41 Å². The molecule has 5 aliphatic rings. The number of ether oxygens (including phenoxy) is 1. The first kappa shape index (κ1) is 25.8. The molecule has 0 spiro atoms. The Bertz CT molecular complexity index is 1140. The summed E-state index contributed by atoms with van der Waals surface area (Å²) < 4.78 is 11.9. The Labute approximate surface area is 225 Å². The lowest BCUT2D eigenvalue weighted by molar-refractivity contribution is -0.229. The maximum Gasteiger partial charge on any atom is 0.312 e. The second kappa shape index (κ2) is 7.79. The van der Waals surface area contributed by atoms with Gasteiger partial charge < -0.3 is 9.15 Å². The van der Waals surface area contributed by atoms with E-state index in [1.165, 1.54) is 42.6 Å². The zero-order chi connectivity index (χ0) is 26.8. The van der Waals surface area contributed by atoms with Crippen molar-refractivity contribution in [3.05, 3.63) is 35.3 Å². The summed E-state index contributed by atoms with van der Waals surface area (Å²) in [5, 5.41) is 0. The third-order valence-electron chi connectivity index (χ3n) is 13.9. The average molecular weight is 507 g/mol. The maximum atomic E-state index is 13.4. The molecule has 0 saturated heterocycles. The molecule has 204 valence electrons. The molecule has 5 aliphatic carbocycles. The molecule has 1 heterocycles. The van der Waals surface area contributed by atoms with Crippen molar-refractivity contribution in [2.75, 3.05) is 7.11 Å². The van der Waals surface area contributed by atoms with Crippen LogP contribution in [0.4, 0.5) is 0 Å². The maximum absolute atomic E-state index is 13.4. The molecule has 3 heteroatoms. The highest BCUT2D eigenvalue weighted by molar-refractivity contribution is 5.78. The van der Waals surface area contributed by atoms with Crippen LogP contribution in [-0.2, 0) is 21.4 Å². The second-order valence-corrected chi connectivity index (χ2v) is 15.4. The molecule has 37 heavy (non-hydrogen) atoms. The van der Waals surface area contributed by atoms with Crippen molar-refractivity contribution >= 4 is 5.97 Å². The lowest BCUT2D eigenvalue weighted by Gasteiger charge is -2.72. The molecule has 0 bridgehead atoms. The van der Waals surface area contributed by atoms with Crippen LogP contribution in [0.1, 0.15) is 110 Å². The molecular formula is C34H50O3. The van der Waals surface area contributed by atoms with E-state index in [1.807, 2.05) is 0 Å². The predicted molar refractivity (Wildman–Crippen MR) is 148 cm³/mol. The van der Waals surface area contributed by atoms with Crippen molar-refractivity contribution in [3.63, 3.8) is 0 Å². The Morgan fingerprint density at radius 2 is 1.70 bits per heavy atom. The fourth-order valence-corrected chi connectivity index (χ4v) is 12.3. The minimum absolute atomic E-state index is 0.0585.